The molecule has 0 fully saturated rings. The van der Waals surface area contributed by atoms with E-state index in [1.54, 1.807) is 12.1 Å². The summed E-state index contributed by atoms with van der Waals surface area (Å²) in [6.45, 7) is 5.18. The summed E-state index contributed by atoms with van der Waals surface area (Å²) in [4.78, 5) is 12.2. The molecule has 2 aromatic rings. The van der Waals surface area contributed by atoms with E-state index in [0.717, 1.165) is 29.0 Å². The number of nitrogens with one attached hydrogen (secondary N) is 1. The van der Waals surface area contributed by atoms with Crippen LogP contribution < -0.4 is 15.8 Å². The van der Waals surface area contributed by atoms with Gasteiger partial charge in [0.05, 0.1) is 6.61 Å². The molecule has 2 rings (SSSR count). The number of carbonyl (C=O) groups is 1. The number of hydrogen-bond donors (Lipinski definition) is 2. The summed E-state index contributed by atoms with van der Waals surface area (Å²) in [6.07, 6.45) is 0.969. The first kappa shape index (κ1) is 16.0. The van der Waals surface area contributed by atoms with E-state index >= 15 is 0 Å². The molecule has 116 valence electrons. The molecule has 0 atom stereocenters. The van der Waals surface area contributed by atoms with Gasteiger partial charge in [0.1, 0.15) is 5.75 Å². The molecule has 0 unspecified atom stereocenters. The fraction of sp³-hybridized carbons (Fsp3) is 0.278. The third-order valence-corrected chi connectivity index (χ3v) is 3.37. The zero-order valence-corrected chi connectivity index (χ0v) is 13.1. The summed E-state index contributed by atoms with van der Waals surface area (Å²) in [6, 6.07) is 13.0. The largest absolute Gasteiger partial charge is 0.494 e. The lowest BCUT2D eigenvalue weighted by Gasteiger charge is -2.11. The Bertz CT molecular complexity index is 636. The number of amides is 1. The van der Waals surface area contributed by atoms with E-state index in [4.69, 9.17) is 10.5 Å². The van der Waals surface area contributed by atoms with Crippen molar-refractivity contribution in [1.29, 1.82) is 0 Å². The number of benzene rings is 2. The van der Waals surface area contributed by atoms with E-state index in [0.29, 0.717) is 18.7 Å². The molecule has 4 nitrogen and oxygen atoms in total. The van der Waals surface area contributed by atoms with Gasteiger partial charge in [0.15, 0.2) is 0 Å². The van der Waals surface area contributed by atoms with Gasteiger partial charge in [-0.05, 0) is 54.8 Å². The third-order valence-electron chi connectivity index (χ3n) is 3.37. The number of aryl methyl sites for hydroxylation is 1. The SMILES string of the molecule is CCCOc1ccc(NC(=O)c2ccc(CN)cc2)c(C)c1. The van der Waals surface area contributed by atoms with Crippen molar-refractivity contribution in [3.8, 4) is 5.75 Å². The lowest BCUT2D eigenvalue weighted by Crippen LogP contribution is -2.13. The molecular formula is C18H22N2O2. The molecule has 0 aromatic heterocycles. The van der Waals surface area contributed by atoms with Gasteiger partial charge in [-0.3, -0.25) is 4.79 Å². The Hall–Kier alpha value is -2.33. The van der Waals surface area contributed by atoms with Gasteiger partial charge in [-0.15, -0.1) is 0 Å². The highest BCUT2D eigenvalue weighted by molar-refractivity contribution is 6.04. The zero-order valence-electron chi connectivity index (χ0n) is 13.1. The van der Waals surface area contributed by atoms with Crippen LogP contribution in [0.4, 0.5) is 5.69 Å². The van der Waals surface area contributed by atoms with Gasteiger partial charge in [0.2, 0.25) is 0 Å². The Labute approximate surface area is 131 Å². The fourth-order valence-corrected chi connectivity index (χ4v) is 2.07. The van der Waals surface area contributed by atoms with E-state index in [1.807, 2.05) is 37.3 Å². The lowest BCUT2D eigenvalue weighted by molar-refractivity contribution is 0.102. The molecule has 0 aliphatic carbocycles. The standard InChI is InChI=1S/C18H22N2O2/c1-3-10-22-16-8-9-17(13(2)11-16)20-18(21)15-6-4-14(12-19)5-7-15/h4-9,11H,3,10,12,19H2,1-2H3,(H,20,21). The highest BCUT2D eigenvalue weighted by Gasteiger charge is 2.08. The first-order valence-corrected chi connectivity index (χ1v) is 7.48. The number of hydrogen-bond acceptors (Lipinski definition) is 3. The van der Waals surface area contributed by atoms with Crippen molar-refractivity contribution in [3.05, 3.63) is 59.2 Å². The van der Waals surface area contributed by atoms with Crippen LogP contribution >= 0.6 is 0 Å². The van der Waals surface area contributed by atoms with Gasteiger partial charge in [-0.25, -0.2) is 0 Å². The number of nitrogens with two attached hydrogens (primary N) is 1. The highest BCUT2D eigenvalue weighted by Crippen LogP contribution is 2.22. The van der Waals surface area contributed by atoms with Crippen LogP contribution in [0.1, 0.15) is 34.8 Å². The van der Waals surface area contributed by atoms with Crippen molar-refractivity contribution in [2.75, 3.05) is 11.9 Å². The lowest BCUT2D eigenvalue weighted by atomic mass is 10.1. The van der Waals surface area contributed by atoms with Crippen molar-refractivity contribution in [1.82, 2.24) is 0 Å². The van der Waals surface area contributed by atoms with Crippen LogP contribution in [-0.2, 0) is 6.54 Å². The topological polar surface area (TPSA) is 64.3 Å². The van der Waals surface area contributed by atoms with Crippen molar-refractivity contribution in [3.63, 3.8) is 0 Å². The van der Waals surface area contributed by atoms with Gasteiger partial charge < -0.3 is 15.8 Å². The molecule has 0 bridgehead atoms. The second-order valence-electron chi connectivity index (χ2n) is 5.18. The Kier molecular flexibility index (Phi) is 5.55. The molecule has 0 heterocycles. The van der Waals surface area contributed by atoms with Crippen LogP contribution in [-0.4, -0.2) is 12.5 Å². The smallest absolute Gasteiger partial charge is 0.255 e. The molecule has 0 saturated carbocycles. The van der Waals surface area contributed by atoms with E-state index in [-0.39, 0.29) is 5.91 Å². The van der Waals surface area contributed by atoms with Gasteiger partial charge in [-0.2, -0.15) is 0 Å². The van der Waals surface area contributed by atoms with Gasteiger partial charge in [0, 0.05) is 17.8 Å². The Morgan fingerprint density at radius 3 is 2.50 bits per heavy atom. The van der Waals surface area contributed by atoms with E-state index < -0.39 is 0 Å². The first-order valence-electron chi connectivity index (χ1n) is 7.48. The molecule has 0 aliphatic rings. The van der Waals surface area contributed by atoms with Crippen LogP contribution in [0.2, 0.25) is 0 Å². The maximum absolute atomic E-state index is 12.2. The van der Waals surface area contributed by atoms with Crippen LogP contribution in [0.15, 0.2) is 42.5 Å². The summed E-state index contributed by atoms with van der Waals surface area (Å²) in [7, 11) is 0. The zero-order chi connectivity index (χ0) is 15.9. The van der Waals surface area contributed by atoms with Crippen molar-refractivity contribution in [2.45, 2.75) is 26.8 Å². The van der Waals surface area contributed by atoms with E-state index in [9.17, 15) is 4.79 Å². The van der Waals surface area contributed by atoms with Crippen molar-refractivity contribution < 1.29 is 9.53 Å². The van der Waals surface area contributed by atoms with Crippen LogP contribution in [0.5, 0.6) is 5.75 Å². The molecule has 2 aromatic carbocycles. The molecule has 0 spiro atoms. The minimum Gasteiger partial charge on any atom is -0.494 e. The molecular weight excluding hydrogens is 276 g/mol. The number of anilines is 1. The maximum atomic E-state index is 12.2. The molecule has 0 saturated heterocycles. The normalized spacial score (nSPS) is 10.3. The van der Waals surface area contributed by atoms with E-state index in [1.165, 1.54) is 0 Å². The average Bonchev–Trinajstić information content (AvgIpc) is 2.55. The van der Waals surface area contributed by atoms with Crippen molar-refractivity contribution in [2.24, 2.45) is 5.73 Å². The van der Waals surface area contributed by atoms with Crippen LogP contribution in [0, 0.1) is 6.92 Å². The summed E-state index contributed by atoms with van der Waals surface area (Å²) in [5.74, 6) is 0.693. The minimum absolute atomic E-state index is 0.131. The number of carbonyl (C=O) groups excluding carboxylic acids is 1. The second-order valence-corrected chi connectivity index (χ2v) is 5.18. The number of ether oxygens (including phenoxy) is 1. The predicted molar refractivity (Wildman–Crippen MR) is 89.3 cm³/mol. The van der Waals surface area contributed by atoms with Crippen LogP contribution in [0.25, 0.3) is 0 Å². The molecule has 1 amide bonds. The minimum atomic E-state index is -0.131. The molecule has 0 aliphatic heterocycles. The van der Waals surface area contributed by atoms with Crippen LogP contribution in [0.3, 0.4) is 0 Å². The third kappa shape index (κ3) is 4.09. The Morgan fingerprint density at radius 1 is 1.18 bits per heavy atom. The summed E-state index contributed by atoms with van der Waals surface area (Å²) in [5, 5.41) is 2.92. The average molecular weight is 298 g/mol. The van der Waals surface area contributed by atoms with Crippen molar-refractivity contribution >= 4 is 11.6 Å². The predicted octanol–water partition coefficient (Wildman–Crippen LogP) is 3.49. The van der Waals surface area contributed by atoms with E-state index in [2.05, 4.69) is 12.2 Å². The molecule has 3 N–H and O–H groups in total. The highest BCUT2D eigenvalue weighted by atomic mass is 16.5. The molecule has 4 heteroatoms. The van der Waals surface area contributed by atoms with Gasteiger partial charge in [-0.1, -0.05) is 19.1 Å². The Balaban J connectivity index is 2.07. The first-order chi connectivity index (χ1) is 10.6. The fourth-order valence-electron chi connectivity index (χ4n) is 2.07. The quantitative estimate of drug-likeness (QED) is 0.858. The Morgan fingerprint density at radius 2 is 1.91 bits per heavy atom. The molecule has 22 heavy (non-hydrogen) atoms. The maximum Gasteiger partial charge on any atom is 0.255 e. The summed E-state index contributed by atoms with van der Waals surface area (Å²) in [5.41, 5.74) is 8.94. The monoisotopic (exact) mass is 298 g/mol. The summed E-state index contributed by atoms with van der Waals surface area (Å²) < 4.78 is 5.58. The summed E-state index contributed by atoms with van der Waals surface area (Å²) >= 11 is 0. The van der Waals surface area contributed by atoms with Gasteiger partial charge >= 0.3 is 0 Å². The molecule has 0 radical (unpaired) electrons. The number of rotatable bonds is 6. The van der Waals surface area contributed by atoms with Gasteiger partial charge in [0.25, 0.3) is 5.91 Å². The second kappa shape index (κ2) is 7.61.